The summed E-state index contributed by atoms with van der Waals surface area (Å²) in [5.74, 6) is 0.165. The van der Waals surface area contributed by atoms with Crippen molar-refractivity contribution in [3.8, 4) is 22.8 Å². The highest BCUT2D eigenvalue weighted by Gasteiger charge is 2.31. The van der Waals surface area contributed by atoms with Gasteiger partial charge in [-0.2, -0.15) is 0 Å². The first-order chi connectivity index (χ1) is 16.8. The first-order valence-electron chi connectivity index (χ1n) is 10.9. The molecule has 3 N–H and O–H groups in total. The number of nitrogens with one attached hydrogen (secondary N) is 2. The lowest BCUT2D eigenvalue weighted by Gasteiger charge is -2.18. The van der Waals surface area contributed by atoms with Crippen LogP contribution in [0.4, 0.5) is 18.9 Å². The molecule has 0 aliphatic heterocycles. The lowest BCUT2D eigenvalue weighted by Crippen LogP contribution is -2.35. The van der Waals surface area contributed by atoms with Gasteiger partial charge in [-0.15, -0.1) is 18.3 Å². The second kappa shape index (κ2) is 10.6. The third-order valence-electron chi connectivity index (χ3n) is 5.23. The number of para-hydroxylation sites is 1. The van der Waals surface area contributed by atoms with Gasteiger partial charge in [-0.25, -0.2) is 9.67 Å². The number of rotatable bonds is 9. The van der Waals surface area contributed by atoms with E-state index in [2.05, 4.69) is 32.4 Å². The molecular formula is C25H24F3N5O2. The number of hydrogen-bond acceptors (Lipinski definition) is 6. The van der Waals surface area contributed by atoms with Crippen molar-refractivity contribution in [3.63, 3.8) is 0 Å². The average molecular weight is 483 g/mol. The van der Waals surface area contributed by atoms with E-state index in [-0.39, 0.29) is 5.75 Å². The number of aromatic nitrogens is 3. The summed E-state index contributed by atoms with van der Waals surface area (Å²) in [5.41, 5.74) is 4.29. The van der Waals surface area contributed by atoms with Gasteiger partial charge in [-0.1, -0.05) is 49.4 Å². The van der Waals surface area contributed by atoms with Crippen LogP contribution in [0.5, 0.6) is 5.75 Å². The molecule has 1 unspecified atom stereocenters. The highest BCUT2D eigenvalue weighted by atomic mass is 19.4. The summed E-state index contributed by atoms with van der Waals surface area (Å²) in [6, 6.07) is 20.7. The Labute approximate surface area is 200 Å². The zero-order chi connectivity index (χ0) is 24.8. The Morgan fingerprint density at radius 1 is 1.00 bits per heavy atom. The molecule has 7 nitrogen and oxygen atoms in total. The Kier molecular flexibility index (Phi) is 7.33. The van der Waals surface area contributed by atoms with E-state index in [9.17, 15) is 18.3 Å². The zero-order valence-corrected chi connectivity index (χ0v) is 18.8. The van der Waals surface area contributed by atoms with Gasteiger partial charge in [0.15, 0.2) is 12.2 Å². The molecule has 0 radical (unpaired) electrons. The first kappa shape index (κ1) is 24.2. The number of benzene rings is 3. The fourth-order valence-electron chi connectivity index (χ4n) is 3.47. The van der Waals surface area contributed by atoms with Gasteiger partial charge in [0.2, 0.25) is 0 Å². The van der Waals surface area contributed by atoms with E-state index < -0.39 is 12.7 Å². The lowest BCUT2D eigenvalue weighted by molar-refractivity contribution is -0.274. The maximum Gasteiger partial charge on any atom is 0.573 e. The van der Waals surface area contributed by atoms with Gasteiger partial charge < -0.3 is 15.2 Å². The van der Waals surface area contributed by atoms with Crippen molar-refractivity contribution in [2.45, 2.75) is 32.6 Å². The molecule has 0 saturated carbocycles. The summed E-state index contributed by atoms with van der Waals surface area (Å²) in [6.45, 7) is 2.50. The van der Waals surface area contributed by atoms with Crippen molar-refractivity contribution in [1.29, 1.82) is 0 Å². The Balaban J connectivity index is 1.34. The number of ether oxygens (including phenoxy) is 1. The molecule has 0 fully saturated rings. The van der Waals surface area contributed by atoms with Crippen LogP contribution < -0.4 is 15.4 Å². The Morgan fingerprint density at radius 3 is 2.40 bits per heavy atom. The molecule has 1 atom stereocenters. The van der Waals surface area contributed by atoms with E-state index in [1.165, 1.54) is 35.3 Å². The van der Waals surface area contributed by atoms with Crippen LogP contribution >= 0.6 is 0 Å². The van der Waals surface area contributed by atoms with Gasteiger partial charge in [0, 0.05) is 17.8 Å². The standard InChI is InChI=1S/C25H24F3N5O2/c1-2-18-5-3-4-6-22(18)31-24(34)29-15-17-7-9-19(10-8-17)23-30-16-33(32-23)20-11-13-21(14-12-20)35-25(26,27)28/h3-14,16,24,29,31,34H,2,15H2,1H3. The number of hydrogen-bond donors (Lipinski definition) is 3. The quantitative estimate of drug-likeness (QED) is 0.295. The molecule has 3 aromatic carbocycles. The SMILES string of the molecule is CCc1ccccc1NC(O)NCc1ccc(-c2ncn(-c3ccc(OC(F)(F)F)cc3)n2)cc1. The van der Waals surface area contributed by atoms with Crippen LogP contribution in [0, 0.1) is 0 Å². The van der Waals surface area contributed by atoms with E-state index in [1.54, 1.807) is 0 Å². The number of nitrogens with zero attached hydrogens (tertiary/aromatic N) is 3. The van der Waals surface area contributed by atoms with Crippen molar-refractivity contribution in [2.24, 2.45) is 0 Å². The largest absolute Gasteiger partial charge is 0.573 e. The van der Waals surface area contributed by atoms with Crippen LogP contribution in [-0.4, -0.2) is 32.6 Å². The van der Waals surface area contributed by atoms with Gasteiger partial charge in [0.05, 0.1) is 5.69 Å². The second-order valence-corrected chi connectivity index (χ2v) is 7.69. The third kappa shape index (κ3) is 6.58. The molecule has 1 heterocycles. The third-order valence-corrected chi connectivity index (χ3v) is 5.23. The van der Waals surface area contributed by atoms with E-state index in [1.807, 2.05) is 48.5 Å². The van der Waals surface area contributed by atoms with E-state index >= 15 is 0 Å². The predicted octanol–water partition coefficient (Wildman–Crippen LogP) is 4.87. The molecule has 10 heteroatoms. The molecule has 35 heavy (non-hydrogen) atoms. The fourth-order valence-corrected chi connectivity index (χ4v) is 3.47. The van der Waals surface area contributed by atoms with Gasteiger partial charge in [0.25, 0.3) is 0 Å². The maximum atomic E-state index is 12.3. The van der Waals surface area contributed by atoms with Crippen molar-refractivity contribution < 1.29 is 23.0 Å². The minimum atomic E-state index is -4.74. The molecule has 0 spiro atoms. The summed E-state index contributed by atoms with van der Waals surface area (Å²) < 4.78 is 42.3. The second-order valence-electron chi connectivity index (χ2n) is 7.69. The van der Waals surface area contributed by atoms with Crippen LogP contribution in [0.25, 0.3) is 17.1 Å². The average Bonchev–Trinajstić information content (AvgIpc) is 3.33. The lowest BCUT2D eigenvalue weighted by atomic mass is 10.1. The molecule has 0 saturated heterocycles. The number of anilines is 1. The van der Waals surface area contributed by atoms with Crippen LogP contribution in [0.1, 0.15) is 18.1 Å². The van der Waals surface area contributed by atoms with E-state index in [0.717, 1.165) is 28.8 Å². The van der Waals surface area contributed by atoms with Crippen LogP contribution in [0.15, 0.2) is 79.1 Å². The highest BCUT2D eigenvalue weighted by molar-refractivity contribution is 5.55. The zero-order valence-electron chi connectivity index (χ0n) is 18.8. The van der Waals surface area contributed by atoms with Crippen molar-refractivity contribution >= 4 is 5.69 Å². The molecule has 0 aliphatic rings. The molecule has 4 rings (SSSR count). The molecular weight excluding hydrogens is 459 g/mol. The summed E-state index contributed by atoms with van der Waals surface area (Å²) in [4.78, 5) is 4.29. The van der Waals surface area contributed by atoms with Crippen molar-refractivity contribution in [1.82, 2.24) is 20.1 Å². The molecule has 4 aromatic rings. The number of aliphatic hydroxyl groups is 1. The van der Waals surface area contributed by atoms with Crippen LogP contribution in [0.3, 0.4) is 0 Å². The van der Waals surface area contributed by atoms with Crippen molar-refractivity contribution in [2.75, 3.05) is 5.32 Å². The number of alkyl halides is 3. The maximum absolute atomic E-state index is 12.3. The summed E-state index contributed by atoms with van der Waals surface area (Å²) in [7, 11) is 0. The minimum absolute atomic E-state index is 0.305. The molecule has 0 aliphatic carbocycles. The predicted molar refractivity (Wildman–Crippen MR) is 126 cm³/mol. The molecule has 0 bridgehead atoms. The van der Waals surface area contributed by atoms with Gasteiger partial charge in [-0.3, -0.25) is 5.32 Å². The van der Waals surface area contributed by atoms with Crippen LogP contribution in [-0.2, 0) is 13.0 Å². The monoisotopic (exact) mass is 483 g/mol. The van der Waals surface area contributed by atoms with Crippen molar-refractivity contribution in [3.05, 3.63) is 90.3 Å². The Hall–Kier alpha value is -3.89. The number of aliphatic hydroxyl groups excluding tert-OH is 1. The van der Waals surface area contributed by atoms with Crippen LogP contribution in [0.2, 0.25) is 0 Å². The van der Waals surface area contributed by atoms with E-state index in [4.69, 9.17) is 0 Å². The summed E-state index contributed by atoms with van der Waals surface area (Å²) in [6.07, 6.45) is -3.30. The smallest absolute Gasteiger partial charge is 0.406 e. The number of halogens is 3. The van der Waals surface area contributed by atoms with Gasteiger partial charge in [-0.05, 0) is 47.9 Å². The molecule has 182 valence electrons. The molecule has 1 aromatic heterocycles. The topological polar surface area (TPSA) is 84.2 Å². The molecule has 0 amide bonds. The minimum Gasteiger partial charge on any atom is -0.406 e. The fraction of sp³-hybridized carbons (Fsp3) is 0.200. The Bertz CT molecular complexity index is 1240. The summed E-state index contributed by atoms with van der Waals surface area (Å²) in [5, 5.41) is 20.8. The Morgan fingerprint density at radius 2 is 1.71 bits per heavy atom. The van der Waals surface area contributed by atoms with E-state index in [0.29, 0.717) is 18.1 Å². The first-order valence-corrected chi connectivity index (χ1v) is 10.9. The normalized spacial score (nSPS) is 12.4. The number of aryl methyl sites for hydroxylation is 1. The highest BCUT2D eigenvalue weighted by Crippen LogP contribution is 2.24. The van der Waals surface area contributed by atoms with Gasteiger partial charge >= 0.3 is 6.36 Å². The van der Waals surface area contributed by atoms with Gasteiger partial charge in [0.1, 0.15) is 12.1 Å². The summed E-state index contributed by atoms with van der Waals surface area (Å²) >= 11 is 0.